The van der Waals surface area contributed by atoms with Crippen LogP contribution in [0.15, 0.2) is 29.2 Å². The van der Waals surface area contributed by atoms with E-state index in [9.17, 15) is 13.2 Å². The van der Waals surface area contributed by atoms with Gasteiger partial charge in [-0.25, -0.2) is 13.2 Å². The predicted octanol–water partition coefficient (Wildman–Crippen LogP) is 1.36. The lowest BCUT2D eigenvalue weighted by Gasteiger charge is -2.38. The zero-order valence-corrected chi connectivity index (χ0v) is 14.4. The number of esters is 1. The highest BCUT2D eigenvalue weighted by atomic mass is 32.2. The zero-order valence-electron chi connectivity index (χ0n) is 13.6. The number of hydrogen-bond donors (Lipinski definition) is 0. The van der Waals surface area contributed by atoms with Gasteiger partial charge in [0.15, 0.2) is 15.4 Å². The number of methoxy groups -OCH3 is 1. The molecule has 1 aliphatic heterocycles. The van der Waals surface area contributed by atoms with E-state index in [0.29, 0.717) is 6.61 Å². The normalized spacial score (nSPS) is 23.3. The molecule has 0 saturated carbocycles. The van der Waals surface area contributed by atoms with Crippen molar-refractivity contribution in [2.75, 3.05) is 32.7 Å². The van der Waals surface area contributed by atoms with E-state index in [1.807, 2.05) is 6.92 Å². The van der Waals surface area contributed by atoms with E-state index in [0.717, 1.165) is 5.56 Å². The number of sulfone groups is 1. The number of rotatable bonds is 5. The summed E-state index contributed by atoms with van der Waals surface area (Å²) in [5.41, 5.74) is -0.405. The number of carbonyl (C=O) groups excluding carboxylic acids is 1. The molecule has 0 spiro atoms. The van der Waals surface area contributed by atoms with Crippen molar-refractivity contribution in [1.82, 2.24) is 0 Å². The van der Waals surface area contributed by atoms with Crippen LogP contribution in [0.1, 0.15) is 12.5 Å². The topological polar surface area (TPSA) is 78.9 Å². The van der Waals surface area contributed by atoms with Gasteiger partial charge in [-0.05, 0) is 19.1 Å². The molecule has 0 radical (unpaired) electrons. The molecular weight excluding hydrogens is 320 g/mol. The Labute approximate surface area is 136 Å². The van der Waals surface area contributed by atoms with Crippen molar-refractivity contribution in [3.63, 3.8) is 0 Å². The van der Waals surface area contributed by atoms with E-state index in [4.69, 9.17) is 14.2 Å². The summed E-state index contributed by atoms with van der Waals surface area (Å²) in [7, 11) is -2.30. The summed E-state index contributed by atoms with van der Waals surface area (Å²) >= 11 is 0. The van der Waals surface area contributed by atoms with Gasteiger partial charge in [-0.15, -0.1) is 0 Å². The first-order chi connectivity index (χ1) is 10.8. The Morgan fingerprint density at radius 3 is 2.48 bits per heavy atom. The largest absolute Gasteiger partial charge is 0.467 e. The monoisotopic (exact) mass is 342 g/mol. The van der Waals surface area contributed by atoms with Crippen LogP contribution in [-0.4, -0.2) is 52.7 Å². The molecule has 0 aliphatic carbocycles. The molecule has 0 amide bonds. The van der Waals surface area contributed by atoms with Gasteiger partial charge in [0.25, 0.3) is 0 Å². The Balaban J connectivity index is 2.25. The van der Waals surface area contributed by atoms with Gasteiger partial charge in [0.1, 0.15) is 0 Å². The van der Waals surface area contributed by atoms with Crippen LogP contribution in [0.2, 0.25) is 0 Å². The molecule has 2 atom stereocenters. The smallest absolute Gasteiger partial charge is 0.340 e. The predicted molar refractivity (Wildman–Crippen MR) is 83.9 cm³/mol. The lowest BCUT2D eigenvalue weighted by molar-refractivity contribution is -0.207. The summed E-state index contributed by atoms with van der Waals surface area (Å²) in [4.78, 5) is 12.4. The minimum absolute atomic E-state index is 0.00966. The fourth-order valence-corrected chi connectivity index (χ4v) is 4.30. The molecular formula is C16H22O6S. The first kappa shape index (κ1) is 17.9. The molecule has 0 aromatic heterocycles. The molecule has 0 bridgehead atoms. The standard InChI is InChI=1S/C16H22O6S/c1-12-4-6-14(7-5-12)23(18,19)10-13(2)16(15(17)20-3)11-21-8-9-22-16/h4-7,13H,8-11H2,1-3H3. The van der Waals surface area contributed by atoms with Crippen LogP contribution >= 0.6 is 0 Å². The lowest BCUT2D eigenvalue weighted by atomic mass is 9.90. The summed E-state index contributed by atoms with van der Waals surface area (Å²) < 4.78 is 41.0. The molecule has 128 valence electrons. The van der Waals surface area contributed by atoms with E-state index in [-0.39, 0.29) is 23.9 Å². The summed E-state index contributed by atoms with van der Waals surface area (Å²) in [5.74, 6) is -1.44. The maximum absolute atomic E-state index is 12.6. The Hall–Kier alpha value is -1.44. The van der Waals surface area contributed by atoms with Crippen molar-refractivity contribution in [2.24, 2.45) is 5.92 Å². The molecule has 2 rings (SSSR count). The van der Waals surface area contributed by atoms with Gasteiger partial charge in [0.05, 0.1) is 37.6 Å². The maximum atomic E-state index is 12.6. The number of aryl methyl sites for hydroxylation is 1. The molecule has 23 heavy (non-hydrogen) atoms. The van der Waals surface area contributed by atoms with E-state index in [2.05, 4.69) is 0 Å². The second-order valence-electron chi connectivity index (χ2n) is 5.78. The Kier molecular flexibility index (Phi) is 5.44. The minimum Gasteiger partial charge on any atom is -0.467 e. The van der Waals surface area contributed by atoms with Gasteiger partial charge in [-0.3, -0.25) is 0 Å². The fourth-order valence-electron chi connectivity index (χ4n) is 2.63. The van der Waals surface area contributed by atoms with Crippen molar-refractivity contribution in [2.45, 2.75) is 24.3 Å². The summed E-state index contributed by atoms with van der Waals surface area (Å²) in [5, 5.41) is 0. The number of carbonyl (C=O) groups is 1. The van der Waals surface area contributed by atoms with Crippen LogP contribution in [0.4, 0.5) is 0 Å². The van der Waals surface area contributed by atoms with Crippen molar-refractivity contribution in [3.8, 4) is 0 Å². The van der Waals surface area contributed by atoms with Crippen LogP contribution in [-0.2, 0) is 28.8 Å². The van der Waals surface area contributed by atoms with Crippen molar-refractivity contribution in [3.05, 3.63) is 29.8 Å². The van der Waals surface area contributed by atoms with Crippen molar-refractivity contribution >= 4 is 15.8 Å². The lowest BCUT2D eigenvalue weighted by Crippen LogP contribution is -2.56. The van der Waals surface area contributed by atoms with Crippen LogP contribution in [0.3, 0.4) is 0 Å². The summed E-state index contributed by atoms with van der Waals surface area (Å²) in [6, 6.07) is 6.63. The molecule has 1 aliphatic rings. The minimum atomic E-state index is -3.55. The third-order valence-corrected chi connectivity index (χ3v) is 6.01. The molecule has 7 heteroatoms. The van der Waals surface area contributed by atoms with Crippen LogP contribution in [0.25, 0.3) is 0 Å². The molecule has 1 heterocycles. The second-order valence-corrected chi connectivity index (χ2v) is 7.81. The fraction of sp³-hybridized carbons (Fsp3) is 0.562. The van der Waals surface area contributed by atoms with Crippen LogP contribution < -0.4 is 0 Å². The van der Waals surface area contributed by atoms with E-state index in [1.54, 1.807) is 31.2 Å². The third-order valence-electron chi connectivity index (χ3n) is 4.08. The first-order valence-electron chi connectivity index (χ1n) is 7.41. The quantitative estimate of drug-likeness (QED) is 0.752. The molecule has 1 aromatic rings. The van der Waals surface area contributed by atoms with Gasteiger partial charge < -0.3 is 14.2 Å². The SMILES string of the molecule is COC(=O)C1(C(C)CS(=O)(=O)c2ccc(C)cc2)COCCO1. The third kappa shape index (κ3) is 3.73. The average molecular weight is 342 g/mol. The second kappa shape index (κ2) is 6.98. The van der Waals surface area contributed by atoms with E-state index < -0.39 is 27.3 Å². The van der Waals surface area contributed by atoms with Crippen molar-refractivity contribution < 1.29 is 27.4 Å². The Bertz CT molecular complexity index is 644. The molecule has 2 unspecified atom stereocenters. The van der Waals surface area contributed by atoms with Gasteiger partial charge >= 0.3 is 5.97 Å². The Morgan fingerprint density at radius 1 is 1.30 bits per heavy atom. The number of ether oxygens (including phenoxy) is 3. The Morgan fingerprint density at radius 2 is 1.96 bits per heavy atom. The highest BCUT2D eigenvalue weighted by Crippen LogP contribution is 2.30. The molecule has 1 fully saturated rings. The van der Waals surface area contributed by atoms with Crippen LogP contribution in [0, 0.1) is 12.8 Å². The summed E-state index contributed by atoms with van der Waals surface area (Å²) in [6.07, 6.45) is 0. The van der Waals surface area contributed by atoms with Gasteiger partial charge in [-0.1, -0.05) is 24.6 Å². The highest BCUT2D eigenvalue weighted by Gasteiger charge is 2.49. The van der Waals surface area contributed by atoms with E-state index >= 15 is 0 Å². The molecule has 0 N–H and O–H groups in total. The van der Waals surface area contributed by atoms with Gasteiger partial charge in [0.2, 0.25) is 0 Å². The van der Waals surface area contributed by atoms with Gasteiger partial charge in [-0.2, -0.15) is 0 Å². The summed E-state index contributed by atoms with van der Waals surface area (Å²) in [6.45, 7) is 4.14. The molecule has 1 saturated heterocycles. The van der Waals surface area contributed by atoms with Crippen LogP contribution in [0.5, 0.6) is 0 Å². The van der Waals surface area contributed by atoms with Crippen molar-refractivity contribution in [1.29, 1.82) is 0 Å². The zero-order chi connectivity index (χ0) is 17.1. The average Bonchev–Trinajstić information content (AvgIpc) is 2.54. The van der Waals surface area contributed by atoms with Gasteiger partial charge in [0, 0.05) is 5.92 Å². The first-order valence-corrected chi connectivity index (χ1v) is 9.06. The van der Waals surface area contributed by atoms with E-state index in [1.165, 1.54) is 7.11 Å². The maximum Gasteiger partial charge on any atom is 0.340 e. The molecule has 6 nitrogen and oxygen atoms in total. The number of benzene rings is 1. The molecule has 1 aromatic carbocycles. The highest BCUT2D eigenvalue weighted by molar-refractivity contribution is 7.91. The number of hydrogen-bond acceptors (Lipinski definition) is 6.